The third-order valence-corrected chi connectivity index (χ3v) is 5.46. The van der Waals surface area contributed by atoms with Gasteiger partial charge in [0.1, 0.15) is 6.04 Å². The molecular weight excluding hydrogens is 334 g/mol. The molecule has 2 rings (SSSR count). The van der Waals surface area contributed by atoms with E-state index in [-0.39, 0.29) is 17.2 Å². The van der Waals surface area contributed by atoms with Gasteiger partial charge in [0, 0.05) is 13.1 Å². The van der Waals surface area contributed by atoms with Gasteiger partial charge in [-0.15, -0.1) is 0 Å². The van der Waals surface area contributed by atoms with Crippen LogP contribution in [-0.2, 0) is 16.0 Å². The molecule has 0 radical (unpaired) electrons. The molecule has 25 heavy (non-hydrogen) atoms. The second kappa shape index (κ2) is 9.25. The van der Waals surface area contributed by atoms with Crippen LogP contribution in [0.4, 0.5) is 0 Å². The van der Waals surface area contributed by atoms with E-state index in [2.05, 4.69) is 12.2 Å². The maximum Gasteiger partial charge on any atom is 0.245 e. The summed E-state index contributed by atoms with van der Waals surface area (Å²) in [5, 5.41) is 2.95. The maximum atomic E-state index is 12.9. The number of hydrogen-bond acceptors (Lipinski definition) is 4. The van der Waals surface area contributed by atoms with Crippen molar-refractivity contribution in [2.24, 2.45) is 11.1 Å². The summed E-state index contributed by atoms with van der Waals surface area (Å²) in [6.45, 7) is 4.08. The van der Waals surface area contributed by atoms with Crippen LogP contribution in [0.1, 0.15) is 25.3 Å². The Morgan fingerprint density at radius 2 is 2.08 bits per heavy atom. The van der Waals surface area contributed by atoms with E-state index in [0.29, 0.717) is 25.9 Å². The highest BCUT2D eigenvalue weighted by Gasteiger charge is 2.37. The molecule has 5 nitrogen and oxygen atoms in total. The minimum absolute atomic E-state index is 0.00619. The monoisotopic (exact) mass is 363 g/mol. The summed E-state index contributed by atoms with van der Waals surface area (Å²) in [5.41, 5.74) is 6.79. The third kappa shape index (κ3) is 5.75. The molecule has 0 bridgehead atoms. The van der Waals surface area contributed by atoms with Crippen LogP contribution in [-0.4, -0.2) is 54.4 Å². The number of hydrogen-bond donors (Lipinski definition) is 2. The molecule has 1 aromatic rings. The molecule has 0 aliphatic carbocycles. The van der Waals surface area contributed by atoms with Crippen molar-refractivity contribution in [3.8, 4) is 0 Å². The smallest absolute Gasteiger partial charge is 0.245 e. The third-order valence-electron chi connectivity index (χ3n) is 4.81. The van der Waals surface area contributed by atoms with Gasteiger partial charge in [-0.05, 0) is 42.4 Å². The molecule has 0 aromatic heterocycles. The van der Waals surface area contributed by atoms with Gasteiger partial charge in [-0.3, -0.25) is 9.59 Å². The van der Waals surface area contributed by atoms with Gasteiger partial charge < -0.3 is 16.0 Å². The van der Waals surface area contributed by atoms with Gasteiger partial charge in [-0.2, -0.15) is 11.8 Å². The van der Waals surface area contributed by atoms with E-state index in [9.17, 15) is 9.59 Å². The lowest BCUT2D eigenvalue weighted by Crippen LogP contribution is -2.49. The van der Waals surface area contributed by atoms with Crippen molar-refractivity contribution in [3.05, 3.63) is 35.9 Å². The van der Waals surface area contributed by atoms with Gasteiger partial charge in [-0.1, -0.05) is 37.3 Å². The molecule has 1 heterocycles. The number of nitrogens with zero attached hydrogens (tertiary/aromatic N) is 1. The summed E-state index contributed by atoms with van der Waals surface area (Å²) in [4.78, 5) is 27.1. The molecule has 0 saturated carbocycles. The van der Waals surface area contributed by atoms with Crippen LogP contribution in [0.25, 0.3) is 0 Å². The zero-order valence-electron chi connectivity index (χ0n) is 15.2. The average Bonchev–Trinajstić information content (AvgIpc) is 3.02. The molecule has 1 aliphatic heterocycles. The summed E-state index contributed by atoms with van der Waals surface area (Å²) >= 11 is 1.68. The fourth-order valence-corrected chi connectivity index (χ4v) is 3.59. The number of amides is 2. The van der Waals surface area contributed by atoms with Gasteiger partial charge in [0.25, 0.3) is 0 Å². The van der Waals surface area contributed by atoms with Crippen molar-refractivity contribution >= 4 is 23.6 Å². The van der Waals surface area contributed by atoms with Gasteiger partial charge in [0.15, 0.2) is 0 Å². The number of nitrogens with one attached hydrogen (secondary N) is 1. The Bertz CT molecular complexity index is 581. The Labute approximate surface area is 154 Å². The molecule has 6 heteroatoms. The SMILES string of the molecule is CSCCC(NC(=O)Cc1ccccc1)C(=O)N1CCC(C)(CN)C1. The lowest BCUT2D eigenvalue weighted by molar-refractivity contribution is -0.135. The minimum Gasteiger partial charge on any atom is -0.344 e. The number of likely N-dealkylation sites (tertiary alicyclic amines) is 1. The highest BCUT2D eigenvalue weighted by molar-refractivity contribution is 7.98. The molecule has 3 N–H and O–H groups in total. The van der Waals surface area contributed by atoms with Crippen LogP contribution < -0.4 is 11.1 Å². The van der Waals surface area contributed by atoms with Gasteiger partial charge in [0.2, 0.25) is 11.8 Å². The first-order valence-electron chi connectivity index (χ1n) is 8.78. The molecule has 1 fully saturated rings. The number of nitrogens with two attached hydrogens (primary N) is 1. The van der Waals surface area contributed by atoms with E-state index in [0.717, 1.165) is 24.3 Å². The molecule has 2 atom stereocenters. The number of thioether (sulfide) groups is 1. The van der Waals surface area contributed by atoms with Crippen LogP contribution in [0.2, 0.25) is 0 Å². The molecular formula is C19H29N3O2S. The quantitative estimate of drug-likeness (QED) is 0.737. The van der Waals surface area contributed by atoms with Crippen LogP contribution in [0.5, 0.6) is 0 Å². The number of rotatable bonds is 8. The standard InChI is InChI=1S/C19H29N3O2S/c1-19(13-20)9-10-22(14-19)18(24)16(8-11-25-2)21-17(23)12-15-6-4-3-5-7-15/h3-7,16H,8-14,20H2,1-2H3,(H,21,23). The van der Waals surface area contributed by atoms with Gasteiger partial charge >= 0.3 is 0 Å². The van der Waals surface area contributed by atoms with E-state index < -0.39 is 6.04 Å². The van der Waals surface area contributed by atoms with E-state index in [4.69, 9.17) is 5.73 Å². The fraction of sp³-hybridized carbons (Fsp3) is 0.579. The van der Waals surface area contributed by atoms with Crippen molar-refractivity contribution in [1.82, 2.24) is 10.2 Å². The van der Waals surface area contributed by atoms with Gasteiger partial charge in [0.05, 0.1) is 6.42 Å². The summed E-state index contributed by atoms with van der Waals surface area (Å²) in [6.07, 6.45) is 3.87. The van der Waals surface area contributed by atoms with Crippen molar-refractivity contribution < 1.29 is 9.59 Å². The van der Waals surface area contributed by atoms with Crippen molar-refractivity contribution in [3.63, 3.8) is 0 Å². The first-order valence-corrected chi connectivity index (χ1v) is 10.2. The minimum atomic E-state index is -0.455. The summed E-state index contributed by atoms with van der Waals surface area (Å²) < 4.78 is 0. The zero-order chi connectivity index (χ0) is 18.3. The molecule has 0 spiro atoms. The van der Waals surface area contributed by atoms with E-state index in [1.807, 2.05) is 41.5 Å². The summed E-state index contributed by atoms with van der Waals surface area (Å²) in [7, 11) is 0. The molecule has 138 valence electrons. The highest BCUT2D eigenvalue weighted by Crippen LogP contribution is 2.29. The van der Waals surface area contributed by atoms with E-state index in [1.165, 1.54) is 0 Å². The summed E-state index contributed by atoms with van der Waals surface area (Å²) in [6, 6.07) is 9.14. The summed E-state index contributed by atoms with van der Waals surface area (Å²) in [5.74, 6) is 0.753. The number of benzene rings is 1. The Kier molecular flexibility index (Phi) is 7.32. The van der Waals surface area contributed by atoms with Crippen LogP contribution in [0.3, 0.4) is 0 Å². The largest absolute Gasteiger partial charge is 0.344 e. The van der Waals surface area contributed by atoms with E-state index in [1.54, 1.807) is 11.8 Å². The van der Waals surface area contributed by atoms with E-state index >= 15 is 0 Å². The number of carbonyl (C=O) groups is 2. The Hall–Kier alpha value is -1.53. The number of carbonyl (C=O) groups excluding carboxylic acids is 2. The lowest BCUT2D eigenvalue weighted by atomic mass is 9.90. The molecule has 2 amide bonds. The van der Waals surface area contributed by atoms with Gasteiger partial charge in [-0.25, -0.2) is 0 Å². The first kappa shape index (κ1) is 19.8. The lowest BCUT2D eigenvalue weighted by Gasteiger charge is -2.26. The average molecular weight is 364 g/mol. The molecule has 1 saturated heterocycles. The topological polar surface area (TPSA) is 75.4 Å². The van der Waals surface area contributed by atoms with Crippen molar-refractivity contribution in [1.29, 1.82) is 0 Å². The van der Waals surface area contributed by atoms with Crippen LogP contribution in [0, 0.1) is 5.41 Å². The van der Waals surface area contributed by atoms with Crippen LogP contribution in [0.15, 0.2) is 30.3 Å². The van der Waals surface area contributed by atoms with Crippen molar-refractivity contribution in [2.75, 3.05) is 31.6 Å². The predicted molar refractivity (Wildman–Crippen MR) is 103 cm³/mol. The van der Waals surface area contributed by atoms with Crippen LogP contribution >= 0.6 is 11.8 Å². The van der Waals surface area contributed by atoms with Crippen molar-refractivity contribution in [2.45, 2.75) is 32.2 Å². The Balaban J connectivity index is 1.97. The predicted octanol–water partition coefficient (Wildman–Crippen LogP) is 1.66. The molecule has 1 aliphatic rings. The Morgan fingerprint density at radius 1 is 1.36 bits per heavy atom. The second-order valence-electron chi connectivity index (χ2n) is 7.09. The second-order valence-corrected chi connectivity index (χ2v) is 8.07. The highest BCUT2D eigenvalue weighted by atomic mass is 32.2. The first-order chi connectivity index (χ1) is 12.0. The molecule has 1 aromatic carbocycles. The fourth-order valence-electron chi connectivity index (χ4n) is 3.12. The zero-order valence-corrected chi connectivity index (χ0v) is 16.0. The molecule has 2 unspecified atom stereocenters. The maximum absolute atomic E-state index is 12.9. The Morgan fingerprint density at radius 3 is 2.68 bits per heavy atom. The normalized spacial score (nSPS) is 21.2.